The molecule has 2 rings (SSSR count). The highest BCUT2D eigenvalue weighted by atomic mass is 79.9. The SMILES string of the molecule is CCn1nc(C)cc1COc1c(Br)cccc1C=O. The quantitative estimate of drug-likeness (QED) is 0.793. The van der Waals surface area contributed by atoms with E-state index in [9.17, 15) is 4.79 Å². The molecule has 2 aromatic rings. The Kier molecular flexibility index (Phi) is 4.37. The van der Waals surface area contributed by atoms with Crippen LogP contribution in [0.25, 0.3) is 0 Å². The van der Waals surface area contributed by atoms with Crippen LogP contribution in [-0.2, 0) is 13.2 Å². The third-order valence-electron chi connectivity index (χ3n) is 2.77. The van der Waals surface area contributed by atoms with Gasteiger partial charge in [0, 0.05) is 6.54 Å². The molecule has 0 unspecified atom stereocenters. The summed E-state index contributed by atoms with van der Waals surface area (Å²) in [5.74, 6) is 0.569. The number of halogens is 1. The summed E-state index contributed by atoms with van der Waals surface area (Å²) in [5.41, 5.74) is 2.49. The van der Waals surface area contributed by atoms with E-state index in [2.05, 4.69) is 21.0 Å². The molecule has 0 spiro atoms. The fraction of sp³-hybridized carbons (Fsp3) is 0.286. The van der Waals surface area contributed by atoms with Crippen molar-refractivity contribution in [2.24, 2.45) is 0 Å². The van der Waals surface area contributed by atoms with Gasteiger partial charge in [0.2, 0.25) is 0 Å². The molecule has 1 aromatic carbocycles. The van der Waals surface area contributed by atoms with Crippen LogP contribution in [0.5, 0.6) is 5.75 Å². The topological polar surface area (TPSA) is 44.1 Å². The molecule has 0 fully saturated rings. The van der Waals surface area contributed by atoms with E-state index in [1.807, 2.05) is 30.7 Å². The van der Waals surface area contributed by atoms with Gasteiger partial charge < -0.3 is 4.74 Å². The van der Waals surface area contributed by atoms with Crippen molar-refractivity contribution >= 4 is 22.2 Å². The van der Waals surface area contributed by atoms with Gasteiger partial charge in [-0.05, 0) is 48.0 Å². The highest BCUT2D eigenvalue weighted by Crippen LogP contribution is 2.28. The molecular weight excluding hydrogens is 308 g/mol. The van der Waals surface area contributed by atoms with E-state index in [0.29, 0.717) is 17.9 Å². The van der Waals surface area contributed by atoms with E-state index in [4.69, 9.17) is 4.74 Å². The van der Waals surface area contributed by atoms with Gasteiger partial charge in [0.1, 0.15) is 12.4 Å². The Morgan fingerprint density at radius 2 is 2.26 bits per heavy atom. The van der Waals surface area contributed by atoms with Crippen LogP contribution in [0.1, 0.15) is 28.7 Å². The Hall–Kier alpha value is -1.62. The number of carbonyl (C=O) groups excluding carboxylic acids is 1. The Bertz CT molecular complexity index is 593. The van der Waals surface area contributed by atoms with E-state index in [-0.39, 0.29) is 0 Å². The summed E-state index contributed by atoms with van der Waals surface area (Å²) in [6.07, 6.45) is 0.794. The first-order chi connectivity index (χ1) is 9.15. The Balaban J connectivity index is 2.21. The maximum atomic E-state index is 11.0. The average molecular weight is 323 g/mol. The normalized spacial score (nSPS) is 10.5. The second-order valence-electron chi connectivity index (χ2n) is 4.16. The number of aryl methyl sites for hydroxylation is 2. The first-order valence-electron chi connectivity index (χ1n) is 6.05. The fourth-order valence-electron chi connectivity index (χ4n) is 1.91. The standard InChI is InChI=1S/C14H15BrN2O2/c1-3-17-12(7-10(2)16-17)9-19-14-11(8-18)5-4-6-13(14)15/h4-8H,3,9H2,1-2H3. The van der Waals surface area contributed by atoms with Gasteiger partial charge in [-0.15, -0.1) is 0 Å². The van der Waals surface area contributed by atoms with Crippen LogP contribution in [0, 0.1) is 6.92 Å². The zero-order chi connectivity index (χ0) is 13.8. The van der Waals surface area contributed by atoms with Crippen LogP contribution in [-0.4, -0.2) is 16.1 Å². The number of carbonyl (C=O) groups is 1. The van der Waals surface area contributed by atoms with Crippen LogP contribution >= 0.6 is 15.9 Å². The van der Waals surface area contributed by atoms with Crippen molar-refractivity contribution in [3.8, 4) is 5.75 Å². The molecule has 4 nitrogen and oxygen atoms in total. The lowest BCUT2D eigenvalue weighted by Crippen LogP contribution is -2.07. The maximum Gasteiger partial charge on any atom is 0.153 e. The number of hydrogen-bond acceptors (Lipinski definition) is 3. The summed E-state index contributed by atoms with van der Waals surface area (Å²) in [5, 5.41) is 4.36. The van der Waals surface area contributed by atoms with E-state index in [1.165, 1.54) is 0 Å². The Morgan fingerprint density at radius 3 is 2.95 bits per heavy atom. The number of benzene rings is 1. The first-order valence-corrected chi connectivity index (χ1v) is 6.84. The number of ether oxygens (including phenoxy) is 1. The predicted molar refractivity (Wildman–Crippen MR) is 76.5 cm³/mol. The van der Waals surface area contributed by atoms with Crippen molar-refractivity contribution in [1.29, 1.82) is 0 Å². The summed E-state index contributed by atoms with van der Waals surface area (Å²) >= 11 is 3.40. The number of nitrogens with zero attached hydrogens (tertiary/aromatic N) is 2. The minimum absolute atomic E-state index is 0.387. The fourth-order valence-corrected chi connectivity index (χ4v) is 2.40. The minimum atomic E-state index is 0.387. The van der Waals surface area contributed by atoms with Gasteiger partial charge in [-0.3, -0.25) is 9.48 Å². The van der Waals surface area contributed by atoms with Gasteiger partial charge in [0.25, 0.3) is 0 Å². The van der Waals surface area contributed by atoms with Gasteiger partial charge in [-0.25, -0.2) is 0 Å². The Morgan fingerprint density at radius 1 is 1.47 bits per heavy atom. The minimum Gasteiger partial charge on any atom is -0.485 e. The molecule has 0 atom stereocenters. The lowest BCUT2D eigenvalue weighted by Gasteiger charge is -2.11. The third kappa shape index (κ3) is 3.04. The second kappa shape index (κ2) is 6.02. The molecule has 0 aliphatic heterocycles. The maximum absolute atomic E-state index is 11.0. The van der Waals surface area contributed by atoms with Crippen molar-refractivity contribution in [1.82, 2.24) is 9.78 Å². The van der Waals surface area contributed by atoms with Gasteiger partial charge >= 0.3 is 0 Å². The lowest BCUT2D eigenvalue weighted by atomic mass is 10.2. The van der Waals surface area contributed by atoms with E-state index in [0.717, 1.165) is 28.7 Å². The molecule has 0 saturated heterocycles. The molecule has 0 saturated carbocycles. The molecule has 0 amide bonds. The highest BCUT2D eigenvalue weighted by Gasteiger charge is 2.10. The molecule has 1 aromatic heterocycles. The molecule has 0 radical (unpaired) electrons. The van der Waals surface area contributed by atoms with Crippen molar-refractivity contribution in [3.63, 3.8) is 0 Å². The van der Waals surface area contributed by atoms with Gasteiger partial charge in [0.05, 0.1) is 21.4 Å². The number of aromatic nitrogens is 2. The summed E-state index contributed by atoms with van der Waals surface area (Å²) in [6.45, 7) is 5.16. The summed E-state index contributed by atoms with van der Waals surface area (Å²) in [6, 6.07) is 7.38. The summed E-state index contributed by atoms with van der Waals surface area (Å²) in [7, 11) is 0. The molecule has 100 valence electrons. The molecular formula is C14H15BrN2O2. The second-order valence-corrected chi connectivity index (χ2v) is 5.01. The monoisotopic (exact) mass is 322 g/mol. The van der Waals surface area contributed by atoms with Crippen LogP contribution in [0.3, 0.4) is 0 Å². The van der Waals surface area contributed by atoms with E-state index >= 15 is 0 Å². The molecule has 0 aliphatic carbocycles. The highest BCUT2D eigenvalue weighted by molar-refractivity contribution is 9.10. The number of rotatable bonds is 5. The van der Waals surface area contributed by atoms with Crippen molar-refractivity contribution in [2.45, 2.75) is 27.0 Å². The zero-order valence-electron chi connectivity index (χ0n) is 10.9. The molecule has 0 bridgehead atoms. The number of hydrogen-bond donors (Lipinski definition) is 0. The van der Waals surface area contributed by atoms with Crippen LogP contribution in [0.15, 0.2) is 28.7 Å². The van der Waals surface area contributed by atoms with Crippen molar-refractivity contribution in [2.75, 3.05) is 0 Å². The van der Waals surface area contributed by atoms with Gasteiger partial charge in [-0.2, -0.15) is 5.10 Å². The molecule has 0 aliphatic rings. The van der Waals surface area contributed by atoms with Crippen molar-refractivity contribution in [3.05, 3.63) is 45.7 Å². The smallest absolute Gasteiger partial charge is 0.153 e. The molecule has 19 heavy (non-hydrogen) atoms. The predicted octanol–water partition coefficient (Wildman–Crippen LogP) is 3.37. The molecule has 0 N–H and O–H groups in total. The number of para-hydroxylation sites is 1. The van der Waals surface area contributed by atoms with Crippen LogP contribution in [0.4, 0.5) is 0 Å². The summed E-state index contributed by atoms with van der Waals surface area (Å²) in [4.78, 5) is 11.0. The summed E-state index contributed by atoms with van der Waals surface area (Å²) < 4.78 is 8.43. The number of aldehydes is 1. The largest absolute Gasteiger partial charge is 0.485 e. The van der Waals surface area contributed by atoms with E-state index < -0.39 is 0 Å². The first kappa shape index (κ1) is 13.8. The van der Waals surface area contributed by atoms with Crippen molar-refractivity contribution < 1.29 is 9.53 Å². The van der Waals surface area contributed by atoms with Crippen LogP contribution in [0.2, 0.25) is 0 Å². The van der Waals surface area contributed by atoms with Crippen LogP contribution < -0.4 is 4.74 Å². The third-order valence-corrected chi connectivity index (χ3v) is 3.40. The van der Waals surface area contributed by atoms with E-state index in [1.54, 1.807) is 12.1 Å². The zero-order valence-corrected chi connectivity index (χ0v) is 12.5. The average Bonchev–Trinajstić information content (AvgIpc) is 2.77. The Labute approximate surface area is 120 Å². The molecule has 1 heterocycles. The lowest BCUT2D eigenvalue weighted by molar-refractivity contribution is 0.111. The molecule has 5 heteroatoms. The van der Waals surface area contributed by atoms with Gasteiger partial charge in [-0.1, -0.05) is 6.07 Å². The van der Waals surface area contributed by atoms with Gasteiger partial charge in [0.15, 0.2) is 6.29 Å².